The fourth-order valence-electron chi connectivity index (χ4n) is 7.13. The number of hydrogen-bond donors (Lipinski definition) is 0. The summed E-state index contributed by atoms with van der Waals surface area (Å²) in [5, 5.41) is 9.26. The second-order valence-corrected chi connectivity index (χ2v) is 12.4. The van der Waals surface area contributed by atoms with Gasteiger partial charge >= 0.3 is 0 Å². The molecule has 4 heteroatoms. The number of aromatic nitrogens is 3. The molecule has 0 unspecified atom stereocenters. The van der Waals surface area contributed by atoms with Gasteiger partial charge in [-0.2, -0.15) is 0 Å². The van der Waals surface area contributed by atoms with Crippen molar-refractivity contribution >= 4 is 54.3 Å². The number of benzene rings is 8. The summed E-state index contributed by atoms with van der Waals surface area (Å²) in [4.78, 5) is 15.3. The molecule has 49 heavy (non-hydrogen) atoms. The lowest BCUT2D eigenvalue weighted by atomic mass is 9.94. The minimum atomic E-state index is 0.602. The van der Waals surface area contributed by atoms with Crippen molar-refractivity contribution in [3.8, 4) is 45.3 Å². The predicted octanol–water partition coefficient (Wildman–Crippen LogP) is 11.9. The zero-order chi connectivity index (χ0) is 32.3. The topological polar surface area (TPSA) is 51.8 Å². The summed E-state index contributed by atoms with van der Waals surface area (Å²) in [7, 11) is 0. The third-order valence-corrected chi connectivity index (χ3v) is 9.50. The molecule has 2 aromatic heterocycles. The number of hydrogen-bond acceptors (Lipinski definition) is 4. The minimum Gasteiger partial charge on any atom is -0.456 e. The molecule has 0 radical (unpaired) electrons. The van der Waals surface area contributed by atoms with E-state index in [2.05, 4.69) is 115 Å². The average molecular weight is 626 g/mol. The Kier molecular flexibility index (Phi) is 6.15. The van der Waals surface area contributed by atoms with Gasteiger partial charge in [0.05, 0.1) is 0 Å². The number of furan rings is 1. The van der Waals surface area contributed by atoms with Gasteiger partial charge in [-0.1, -0.05) is 140 Å². The van der Waals surface area contributed by atoms with Crippen LogP contribution >= 0.6 is 0 Å². The third-order valence-electron chi connectivity index (χ3n) is 9.50. The lowest BCUT2D eigenvalue weighted by Gasteiger charge is -2.11. The molecule has 0 aliphatic rings. The molecular formula is C45H27N3O. The van der Waals surface area contributed by atoms with Gasteiger partial charge in [0.25, 0.3) is 0 Å². The Balaban J connectivity index is 1.23. The van der Waals surface area contributed by atoms with Crippen LogP contribution < -0.4 is 0 Å². The Labute approximate surface area is 282 Å². The van der Waals surface area contributed by atoms with Crippen LogP contribution in [0.5, 0.6) is 0 Å². The van der Waals surface area contributed by atoms with Crippen LogP contribution in [0.2, 0.25) is 0 Å². The normalized spacial score (nSPS) is 11.7. The van der Waals surface area contributed by atoms with Gasteiger partial charge in [-0.25, -0.2) is 15.0 Å². The summed E-state index contributed by atoms with van der Waals surface area (Å²) in [6.45, 7) is 0. The molecule has 4 nitrogen and oxygen atoms in total. The lowest BCUT2D eigenvalue weighted by molar-refractivity contribution is 0.669. The van der Waals surface area contributed by atoms with E-state index >= 15 is 0 Å². The highest BCUT2D eigenvalue weighted by molar-refractivity contribution is 6.18. The molecule has 0 saturated carbocycles. The fraction of sp³-hybridized carbons (Fsp3) is 0. The van der Waals surface area contributed by atoms with Crippen LogP contribution in [0, 0.1) is 0 Å². The summed E-state index contributed by atoms with van der Waals surface area (Å²) in [6, 6.07) is 57.0. The van der Waals surface area contributed by atoms with E-state index in [-0.39, 0.29) is 0 Å². The molecule has 10 rings (SSSR count). The molecule has 228 valence electrons. The van der Waals surface area contributed by atoms with Crippen molar-refractivity contribution in [1.29, 1.82) is 0 Å². The Bertz CT molecular complexity index is 2890. The molecule has 0 amide bonds. The average Bonchev–Trinajstić information content (AvgIpc) is 3.57. The quantitative estimate of drug-likeness (QED) is 0.183. The molecule has 0 saturated heterocycles. The second kappa shape index (κ2) is 11.0. The fourth-order valence-corrected chi connectivity index (χ4v) is 7.13. The molecule has 0 fully saturated rings. The summed E-state index contributed by atoms with van der Waals surface area (Å²) < 4.78 is 6.54. The van der Waals surface area contributed by atoms with Crippen molar-refractivity contribution in [2.45, 2.75) is 0 Å². The molecular weight excluding hydrogens is 599 g/mol. The van der Waals surface area contributed by atoms with Crippen LogP contribution in [-0.2, 0) is 0 Å². The van der Waals surface area contributed by atoms with Crippen molar-refractivity contribution < 1.29 is 4.42 Å². The van der Waals surface area contributed by atoms with Gasteiger partial charge < -0.3 is 4.42 Å². The SMILES string of the molecule is c1ccc(-c2nc(-c3ccc4ccccc4c3)nc(-c3cccc4oc5cccc(-c6ccc7ccc8ccccc8c7c6)c5c34)n2)cc1. The minimum absolute atomic E-state index is 0.602. The van der Waals surface area contributed by atoms with Gasteiger partial charge in [-0.05, 0) is 67.7 Å². The molecule has 0 aliphatic carbocycles. The maximum absolute atomic E-state index is 6.54. The highest BCUT2D eigenvalue weighted by Gasteiger charge is 2.20. The van der Waals surface area contributed by atoms with Crippen LogP contribution in [0.25, 0.3) is 99.5 Å². The highest BCUT2D eigenvalue weighted by atomic mass is 16.3. The maximum atomic E-state index is 6.54. The van der Waals surface area contributed by atoms with Gasteiger partial charge in [-0.15, -0.1) is 0 Å². The van der Waals surface area contributed by atoms with E-state index in [4.69, 9.17) is 19.4 Å². The van der Waals surface area contributed by atoms with E-state index < -0.39 is 0 Å². The molecule has 10 aromatic rings. The predicted molar refractivity (Wildman–Crippen MR) is 201 cm³/mol. The van der Waals surface area contributed by atoms with Crippen molar-refractivity contribution in [3.63, 3.8) is 0 Å². The molecule has 0 spiro atoms. The van der Waals surface area contributed by atoms with Crippen molar-refractivity contribution in [3.05, 3.63) is 164 Å². The van der Waals surface area contributed by atoms with Crippen LogP contribution in [0.1, 0.15) is 0 Å². The number of rotatable bonds is 4. The van der Waals surface area contributed by atoms with Crippen molar-refractivity contribution in [2.75, 3.05) is 0 Å². The Hall–Kier alpha value is -6.65. The largest absolute Gasteiger partial charge is 0.456 e. The van der Waals surface area contributed by atoms with E-state index in [0.29, 0.717) is 17.5 Å². The molecule has 0 bridgehead atoms. The van der Waals surface area contributed by atoms with E-state index in [0.717, 1.165) is 55.1 Å². The van der Waals surface area contributed by atoms with Crippen LogP contribution in [0.4, 0.5) is 0 Å². The second-order valence-electron chi connectivity index (χ2n) is 12.4. The van der Waals surface area contributed by atoms with Crippen LogP contribution in [0.15, 0.2) is 168 Å². The summed E-state index contributed by atoms with van der Waals surface area (Å²) in [6.07, 6.45) is 0. The molecule has 8 aromatic carbocycles. The van der Waals surface area contributed by atoms with Crippen molar-refractivity contribution in [1.82, 2.24) is 15.0 Å². The molecule has 0 aliphatic heterocycles. The number of fused-ring (bicyclic) bond motifs is 7. The monoisotopic (exact) mass is 625 g/mol. The Morgan fingerprint density at radius 1 is 0.327 bits per heavy atom. The molecule has 2 heterocycles. The van der Waals surface area contributed by atoms with Gasteiger partial charge in [0.1, 0.15) is 11.2 Å². The first kappa shape index (κ1) is 27.5. The van der Waals surface area contributed by atoms with Gasteiger partial charge in [0.15, 0.2) is 17.5 Å². The summed E-state index contributed by atoms with van der Waals surface area (Å²) >= 11 is 0. The van der Waals surface area contributed by atoms with E-state index in [9.17, 15) is 0 Å². The zero-order valence-electron chi connectivity index (χ0n) is 26.3. The van der Waals surface area contributed by atoms with Gasteiger partial charge in [0, 0.05) is 27.5 Å². The first-order valence-electron chi connectivity index (χ1n) is 16.4. The lowest BCUT2D eigenvalue weighted by Crippen LogP contribution is -2.00. The standard InChI is InChI=1S/C45H27N3O/c1-2-12-31(13-3-1)43-46-44(34-25-20-28-10-4-5-14-32(28)26-34)48-45(47-43)37-17-9-19-40-42(37)41-36(16-8-18-39(41)49-40)33-24-23-30-22-21-29-11-6-7-15-35(29)38(30)27-33/h1-27H. The Morgan fingerprint density at radius 2 is 0.898 bits per heavy atom. The van der Waals surface area contributed by atoms with E-state index in [1.54, 1.807) is 0 Å². The molecule has 0 N–H and O–H groups in total. The maximum Gasteiger partial charge on any atom is 0.164 e. The van der Waals surface area contributed by atoms with Crippen molar-refractivity contribution in [2.24, 2.45) is 0 Å². The Morgan fingerprint density at radius 3 is 1.71 bits per heavy atom. The number of nitrogens with zero attached hydrogens (tertiary/aromatic N) is 3. The molecule has 0 atom stereocenters. The van der Waals surface area contributed by atoms with E-state index in [1.807, 2.05) is 48.5 Å². The van der Waals surface area contributed by atoms with Gasteiger partial charge in [0.2, 0.25) is 0 Å². The summed E-state index contributed by atoms with van der Waals surface area (Å²) in [5.74, 6) is 1.85. The zero-order valence-corrected chi connectivity index (χ0v) is 26.3. The van der Waals surface area contributed by atoms with Gasteiger partial charge in [-0.3, -0.25) is 0 Å². The smallest absolute Gasteiger partial charge is 0.164 e. The third kappa shape index (κ3) is 4.57. The van der Waals surface area contributed by atoms with Crippen LogP contribution in [-0.4, -0.2) is 15.0 Å². The highest BCUT2D eigenvalue weighted by Crippen LogP contribution is 2.42. The first-order valence-corrected chi connectivity index (χ1v) is 16.4. The first-order chi connectivity index (χ1) is 24.3. The van der Waals surface area contributed by atoms with E-state index in [1.165, 1.54) is 26.9 Å². The summed E-state index contributed by atoms with van der Waals surface area (Å²) in [5.41, 5.74) is 6.62. The van der Waals surface area contributed by atoms with Crippen LogP contribution in [0.3, 0.4) is 0 Å².